The predicted octanol–water partition coefficient (Wildman–Crippen LogP) is 3.14. The summed E-state index contributed by atoms with van der Waals surface area (Å²) in [6.07, 6.45) is 3.32. The number of nitrogens with one attached hydrogen (secondary N) is 1. The second-order valence-electron chi connectivity index (χ2n) is 5.91. The summed E-state index contributed by atoms with van der Waals surface area (Å²) < 4.78 is 5.20. The van der Waals surface area contributed by atoms with Crippen molar-refractivity contribution in [3.05, 3.63) is 29.8 Å². The van der Waals surface area contributed by atoms with E-state index >= 15 is 0 Å². The Balaban J connectivity index is 1.87. The monoisotopic (exact) mass is 277 g/mol. The number of aliphatic hydroxyl groups excluding tert-OH is 1. The SMILES string of the molecule is CCC1CCC(NCC(O)c2cccc(OC)c2)C1C. The number of aliphatic hydroxyl groups is 1. The van der Waals surface area contributed by atoms with E-state index in [-0.39, 0.29) is 0 Å². The van der Waals surface area contributed by atoms with Gasteiger partial charge in [-0.05, 0) is 42.4 Å². The Hall–Kier alpha value is -1.06. The van der Waals surface area contributed by atoms with Crippen LogP contribution < -0.4 is 10.1 Å². The van der Waals surface area contributed by atoms with Crippen LogP contribution in [0.4, 0.5) is 0 Å². The van der Waals surface area contributed by atoms with Gasteiger partial charge in [0.1, 0.15) is 5.75 Å². The molecule has 1 saturated carbocycles. The van der Waals surface area contributed by atoms with E-state index < -0.39 is 6.10 Å². The minimum absolute atomic E-state index is 0.474. The van der Waals surface area contributed by atoms with Crippen LogP contribution in [0.3, 0.4) is 0 Å². The van der Waals surface area contributed by atoms with Gasteiger partial charge in [0.25, 0.3) is 0 Å². The fourth-order valence-corrected chi connectivity index (χ4v) is 3.34. The summed E-state index contributed by atoms with van der Waals surface area (Å²) in [6, 6.07) is 8.21. The fraction of sp³-hybridized carbons (Fsp3) is 0.647. The Morgan fingerprint density at radius 1 is 1.40 bits per heavy atom. The lowest BCUT2D eigenvalue weighted by Gasteiger charge is -2.23. The molecule has 0 heterocycles. The van der Waals surface area contributed by atoms with Crippen LogP contribution in [0.2, 0.25) is 0 Å². The Labute approximate surface area is 122 Å². The van der Waals surface area contributed by atoms with Crippen molar-refractivity contribution < 1.29 is 9.84 Å². The molecule has 0 saturated heterocycles. The summed E-state index contributed by atoms with van der Waals surface area (Å²) in [6.45, 7) is 5.21. The molecule has 4 unspecified atom stereocenters. The summed E-state index contributed by atoms with van der Waals surface area (Å²) >= 11 is 0. The zero-order valence-corrected chi connectivity index (χ0v) is 12.8. The lowest BCUT2D eigenvalue weighted by atomic mass is 9.93. The van der Waals surface area contributed by atoms with E-state index in [0.29, 0.717) is 18.5 Å². The highest BCUT2D eigenvalue weighted by molar-refractivity contribution is 5.29. The Morgan fingerprint density at radius 2 is 2.20 bits per heavy atom. The van der Waals surface area contributed by atoms with Gasteiger partial charge in [0, 0.05) is 12.6 Å². The zero-order valence-electron chi connectivity index (χ0n) is 12.8. The molecule has 1 aromatic carbocycles. The van der Waals surface area contributed by atoms with Gasteiger partial charge in [0.2, 0.25) is 0 Å². The van der Waals surface area contributed by atoms with E-state index in [9.17, 15) is 5.11 Å². The average Bonchev–Trinajstić information content (AvgIpc) is 2.85. The smallest absolute Gasteiger partial charge is 0.119 e. The lowest BCUT2D eigenvalue weighted by molar-refractivity contribution is 0.165. The lowest BCUT2D eigenvalue weighted by Crippen LogP contribution is -2.35. The van der Waals surface area contributed by atoms with Gasteiger partial charge >= 0.3 is 0 Å². The Kier molecular flexibility index (Phi) is 5.44. The van der Waals surface area contributed by atoms with E-state index in [0.717, 1.165) is 17.2 Å². The molecule has 0 bridgehead atoms. The molecule has 3 heteroatoms. The van der Waals surface area contributed by atoms with Crippen LogP contribution in [0.1, 0.15) is 44.8 Å². The first-order valence-electron chi connectivity index (χ1n) is 7.71. The van der Waals surface area contributed by atoms with Crippen molar-refractivity contribution in [2.45, 2.75) is 45.3 Å². The molecular formula is C17H27NO2. The highest BCUT2D eigenvalue weighted by Gasteiger charge is 2.31. The molecule has 0 spiro atoms. The molecule has 2 rings (SSSR count). The first-order valence-corrected chi connectivity index (χ1v) is 7.71. The fourth-order valence-electron chi connectivity index (χ4n) is 3.34. The topological polar surface area (TPSA) is 41.5 Å². The van der Waals surface area contributed by atoms with Gasteiger partial charge in [-0.2, -0.15) is 0 Å². The van der Waals surface area contributed by atoms with Crippen molar-refractivity contribution >= 4 is 0 Å². The molecule has 1 fully saturated rings. The number of benzene rings is 1. The molecule has 20 heavy (non-hydrogen) atoms. The first-order chi connectivity index (χ1) is 9.65. The quantitative estimate of drug-likeness (QED) is 0.839. The van der Waals surface area contributed by atoms with Crippen LogP contribution in [-0.2, 0) is 0 Å². The van der Waals surface area contributed by atoms with Gasteiger partial charge in [-0.25, -0.2) is 0 Å². The Bertz CT molecular complexity index is 421. The third-order valence-corrected chi connectivity index (χ3v) is 4.80. The van der Waals surface area contributed by atoms with Crippen LogP contribution in [0, 0.1) is 11.8 Å². The molecule has 0 radical (unpaired) electrons. The maximum Gasteiger partial charge on any atom is 0.119 e. The molecule has 1 aliphatic carbocycles. The maximum absolute atomic E-state index is 10.3. The minimum atomic E-state index is -0.474. The van der Waals surface area contributed by atoms with E-state index in [1.807, 2.05) is 24.3 Å². The van der Waals surface area contributed by atoms with Gasteiger partial charge < -0.3 is 15.2 Å². The number of ether oxygens (including phenoxy) is 1. The molecule has 4 atom stereocenters. The zero-order chi connectivity index (χ0) is 14.5. The summed E-state index contributed by atoms with van der Waals surface area (Å²) in [5.74, 6) is 2.33. The van der Waals surface area contributed by atoms with Crippen molar-refractivity contribution in [3.63, 3.8) is 0 Å². The van der Waals surface area contributed by atoms with Crippen molar-refractivity contribution in [3.8, 4) is 5.75 Å². The van der Waals surface area contributed by atoms with Crippen molar-refractivity contribution in [1.29, 1.82) is 0 Å². The molecule has 0 amide bonds. The summed E-state index contributed by atoms with van der Waals surface area (Å²) in [5.41, 5.74) is 0.912. The van der Waals surface area contributed by atoms with E-state index in [1.54, 1.807) is 7.11 Å². The third-order valence-electron chi connectivity index (χ3n) is 4.80. The highest BCUT2D eigenvalue weighted by atomic mass is 16.5. The van der Waals surface area contributed by atoms with Crippen molar-refractivity contribution in [2.24, 2.45) is 11.8 Å². The third kappa shape index (κ3) is 3.53. The summed E-state index contributed by atoms with van der Waals surface area (Å²) in [7, 11) is 1.65. The second kappa shape index (κ2) is 7.09. The molecule has 0 aliphatic heterocycles. The summed E-state index contributed by atoms with van der Waals surface area (Å²) in [4.78, 5) is 0. The van der Waals surface area contributed by atoms with Gasteiger partial charge in [-0.1, -0.05) is 32.4 Å². The van der Waals surface area contributed by atoms with Crippen LogP contribution >= 0.6 is 0 Å². The first kappa shape index (κ1) is 15.3. The number of rotatable bonds is 6. The number of hydrogen-bond donors (Lipinski definition) is 2. The van der Waals surface area contributed by atoms with Gasteiger partial charge in [0.05, 0.1) is 13.2 Å². The van der Waals surface area contributed by atoms with Crippen LogP contribution in [0.25, 0.3) is 0 Å². The largest absolute Gasteiger partial charge is 0.497 e. The molecule has 112 valence electrons. The number of methoxy groups -OCH3 is 1. The minimum Gasteiger partial charge on any atom is -0.497 e. The molecule has 2 N–H and O–H groups in total. The molecule has 0 aromatic heterocycles. The van der Waals surface area contributed by atoms with E-state index in [2.05, 4.69) is 19.2 Å². The van der Waals surface area contributed by atoms with E-state index in [1.165, 1.54) is 19.3 Å². The average molecular weight is 277 g/mol. The highest BCUT2D eigenvalue weighted by Crippen LogP contribution is 2.34. The molecule has 1 aromatic rings. The molecule has 3 nitrogen and oxygen atoms in total. The van der Waals surface area contributed by atoms with Crippen LogP contribution in [0.15, 0.2) is 24.3 Å². The normalized spacial score (nSPS) is 27.5. The molecule has 1 aliphatic rings. The van der Waals surface area contributed by atoms with E-state index in [4.69, 9.17) is 4.74 Å². The van der Waals surface area contributed by atoms with Crippen LogP contribution in [0.5, 0.6) is 5.75 Å². The standard InChI is InChI=1S/C17H27NO2/c1-4-13-8-9-16(12(13)2)18-11-17(19)14-6-5-7-15(10-14)20-3/h5-7,10,12-13,16-19H,4,8-9,11H2,1-3H3. The van der Waals surface area contributed by atoms with Crippen molar-refractivity contribution in [2.75, 3.05) is 13.7 Å². The van der Waals surface area contributed by atoms with Gasteiger partial charge in [-0.15, -0.1) is 0 Å². The predicted molar refractivity (Wildman–Crippen MR) is 81.9 cm³/mol. The maximum atomic E-state index is 10.3. The number of hydrogen-bond acceptors (Lipinski definition) is 3. The van der Waals surface area contributed by atoms with Gasteiger partial charge in [-0.3, -0.25) is 0 Å². The Morgan fingerprint density at radius 3 is 2.85 bits per heavy atom. The molecular weight excluding hydrogens is 250 g/mol. The van der Waals surface area contributed by atoms with Gasteiger partial charge in [0.15, 0.2) is 0 Å². The van der Waals surface area contributed by atoms with Crippen LogP contribution in [-0.4, -0.2) is 24.8 Å². The summed E-state index contributed by atoms with van der Waals surface area (Å²) in [5, 5.41) is 13.8. The van der Waals surface area contributed by atoms with Crippen molar-refractivity contribution in [1.82, 2.24) is 5.32 Å². The second-order valence-corrected chi connectivity index (χ2v) is 5.91.